The van der Waals surface area contributed by atoms with Crippen molar-refractivity contribution in [3.05, 3.63) is 20.7 Å². The van der Waals surface area contributed by atoms with Gasteiger partial charge < -0.3 is 26.2 Å². The van der Waals surface area contributed by atoms with Gasteiger partial charge in [0, 0.05) is 58.4 Å². The Hall–Kier alpha value is -2.82. The zero-order chi connectivity index (χ0) is 25.9. The van der Waals surface area contributed by atoms with Crippen LogP contribution in [0.4, 0.5) is 23.0 Å². The van der Waals surface area contributed by atoms with Gasteiger partial charge in [0.2, 0.25) is 0 Å². The third kappa shape index (κ3) is 4.96. The molecule has 4 heterocycles. The van der Waals surface area contributed by atoms with Crippen LogP contribution in [-0.2, 0) is 26.2 Å². The molecule has 0 spiro atoms. The third-order valence-corrected chi connectivity index (χ3v) is 7.28. The lowest BCUT2D eigenvalue weighted by atomic mass is 10.2. The van der Waals surface area contributed by atoms with Gasteiger partial charge in [0.15, 0.2) is 11.6 Å². The van der Waals surface area contributed by atoms with Crippen LogP contribution in [0.15, 0.2) is 9.59 Å². The molecule has 2 aliphatic rings. The minimum Gasteiger partial charge on any atom is -0.391 e. The highest BCUT2D eigenvalue weighted by Gasteiger charge is 2.29. The van der Waals surface area contributed by atoms with Crippen molar-refractivity contribution in [2.45, 2.75) is 79.2 Å². The highest BCUT2D eigenvalue weighted by molar-refractivity contribution is 5.64. The number of rotatable bonds is 7. The summed E-state index contributed by atoms with van der Waals surface area (Å²) in [6.45, 7) is 14.8. The Bertz CT molecular complexity index is 1100. The van der Waals surface area contributed by atoms with Gasteiger partial charge in [-0.25, -0.2) is 9.36 Å². The van der Waals surface area contributed by atoms with Crippen LogP contribution in [0.1, 0.15) is 47.0 Å². The standard InChI is InChI=1S/C13H25N5O.C11H20N4O/c1-5-17-12(11(14)13(19)18(17)6-2)16-8-7-10(9-16)15(3)4;1-3-14-10(13-7-5-6-8-13)9(12)11(16)15(14)4-2/h10H,5-9,14H2,1-4H3;3-8,12H2,1-2H3. The first-order chi connectivity index (χ1) is 16.7. The molecule has 0 amide bonds. The zero-order valence-corrected chi connectivity index (χ0v) is 22.5. The van der Waals surface area contributed by atoms with Crippen molar-refractivity contribution >= 4 is 23.0 Å². The quantitative estimate of drug-likeness (QED) is 0.599. The van der Waals surface area contributed by atoms with Crippen LogP contribution in [0, 0.1) is 0 Å². The number of nitrogen functional groups attached to an aromatic ring is 2. The molecular weight excluding hydrogens is 446 g/mol. The van der Waals surface area contributed by atoms with Gasteiger partial charge in [0.05, 0.1) is 0 Å². The zero-order valence-electron chi connectivity index (χ0n) is 22.5. The van der Waals surface area contributed by atoms with Crippen molar-refractivity contribution in [1.29, 1.82) is 0 Å². The Morgan fingerprint density at radius 1 is 0.714 bits per heavy atom. The topological polar surface area (TPSA) is 116 Å². The molecule has 2 aromatic rings. The van der Waals surface area contributed by atoms with Crippen LogP contribution in [0.3, 0.4) is 0 Å². The van der Waals surface area contributed by atoms with Crippen LogP contribution in [0.5, 0.6) is 0 Å². The van der Waals surface area contributed by atoms with Gasteiger partial charge in [0.25, 0.3) is 11.1 Å². The summed E-state index contributed by atoms with van der Waals surface area (Å²) in [6.07, 6.45) is 3.49. The lowest BCUT2D eigenvalue weighted by Crippen LogP contribution is -2.32. The summed E-state index contributed by atoms with van der Waals surface area (Å²) in [5.74, 6) is 1.82. The van der Waals surface area contributed by atoms with Crippen molar-refractivity contribution in [3.63, 3.8) is 0 Å². The number of nitrogens with zero attached hydrogens (tertiary/aromatic N) is 7. The highest BCUT2D eigenvalue weighted by Crippen LogP contribution is 2.27. The van der Waals surface area contributed by atoms with Crippen LogP contribution in [0.25, 0.3) is 0 Å². The van der Waals surface area contributed by atoms with E-state index in [1.54, 1.807) is 9.36 Å². The minimum atomic E-state index is -0.0624. The van der Waals surface area contributed by atoms with Gasteiger partial charge in [-0.15, -0.1) is 0 Å². The Kier molecular flexibility index (Phi) is 8.63. The molecule has 35 heavy (non-hydrogen) atoms. The molecule has 0 radical (unpaired) electrons. The van der Waals surface area contributed by atoms with Gasteiger partial charge in [0.1, 0.15) is 11.4 Å². The number of hydrogen-bond acceptors (Lipinski definition) is 7. The summed E-state index contributed by atoms with van der Waals surface area (Å²) in [5.41, 5.74) is 12.7. The van der Waals surface area contributed by atoms with Gasteiger partial charge in [-0.3, -0.25) is 19.0 Å². The molecule has 0 aliphatic carbocycles. The normalized spacial score (nSPS) is 18.0. The molecule has 4 rings (SSSR count). The van der Waals surface area contributed by atoms with E-state index in [2.05, 4.69) is 28.8 Å². The molecule has 1 atom stereocenters. The Labute approximate surface area is 208 Å². The van der Waals surface area contributed by atoms with E-state index < -0.39 is 0 Å². The van der Waals surface area contributed by atoms with Crippen molar-refractivity contribution in [2.24, 2.45) is 0 Å². The molecule has 2 aliphatic heterocycles. The van der Waals surface area contributed by atoms with E-state index in [4.69, 9.17) is 11.5 Å². The first-order valence-corrected chi connectivity index (χ1v) is 13.1. The number of aromatic nitrogens is 4. The molecule has 11 heteroatoms. The summed E-state index contributed by atoms with van der Waals surface area (Å²) in [6, 6.07) is 0.532. The molecule has 198 valence electrons. The maximum Gasteiger partial charge on any atom is 0.292 e. The maximum absolute atomic E-state index is 12.2. The van der Waals surface area contributed by atoms with Crippen molar-refractivity contribution in [1.82, 2.24) is 23.6 Å². The van der Waals surface area contributed by atoms with Crippen molar-refractivity contribution in [3.8, 4) is 0 Å². The Morgan fingerprint density at radius 3 is 1.51 bits per heavy atom. The fourth-order valence-electron chi connectivity index (χ4n) is 5.42. The third-order valence-electron chi connectivity index (χ3n) is 7.28. The number of nitrogens with two attached hydrogens (primary N) is 2. The highest BCUT2D eigenvalue weighted by atomic mass is 16.1. The molecule has 0 saturated carbocycles. The summed E-state index contributed by atoms with van der Waals surface area (Å²) >= 11 is 0. The summed E-state index contributed by atoms with van der Waals surface area (Å²) in [4.78, 5) is 30.8. The Morgan fingerprint density at radius 2 is 1.14 bits per heavy atom. The molecule has 2 fully saturated rings. The lowest BCUT2D eigenvalue weighted by Gasteiger charge is -2.23. The molecule has 2 aromatic heterocycles. The van der Waals surface area contributed by atoms with Crippen LogP contribution < -0.4 is 32.4 Å². The predicted molar refractivity (Wildman–Crippen MR) is 145 cm³/mol. The van der Waals surface area contributed by atoms with Crippen LogP contribution in [-0.4, -0.2) is 69.9 Å². The second-order valence-electron chi connectivity index (χ2n) is 9.49. The van der Waals surface area contributed by atoms with E-state index in [0.717, 1.165) is 57.3 Å². The number of anilines is 4. The second-order valence-corrected chi connectivity index (χ2v) is 9.49. The SMILES string of the molecule is CCn1c(N2CCC(N(C)C)C2)c(N)c(=O)n1CC.CCn1c(N2CCCC2)c(N)c(=O)n1CC. The number of hydrogen-bond donors (Lipinski definition) is 2. The number of likely N-dealkylation sites (N-methyl/N-ethyl adjacent to an activating group) is 1. The first-order valence-electron chi connectivity index (χ1n) is 13.1. The summed E-state index contributed by atoms with van der Waals surface area (Å²) < 4.78 is 7.47. The molecule has 1 unspecified atom stereocenters. The fourth-order valence-corrected chi connectivity index (χ4v) is 5.42. The largest absolute Gasteiger partial charge is 0.391 e. The van der Waals surface area contributed by atoms with E-state index >= 15 is 0 Å². The predicted octanol–water partition coefficient (Wildman–Crippen LogP) is 1.28. The molecule has 2 saturated heterocycles. The average molecular weight is 492 g/mol. The molecular formula is C24H45N9O2. The second kappa shape index (κ2) is 11.3. The van der Waals surface area contributed by atoms with E-state index in [0.29, 0.717) is 30.5 Å². The van der Waals surface area contributed by atoms with Crippen LogP contribution in [0.2, 0.25) is 0 Å². The van der Waals surface area contributed by atoms with Gasteiger partial charge in [-0.2, -0.15) is 0 Å². The van der Waals surface area contributed by atoms with Gasteiger partial charge in [-0.05, 0) is 61.1 Å². The fraction of sp³-hybridized carbons (Fsp3) is 0.750. The first kappa shape index (κ1) is 26.8. The monoisotopic (exact) mass is 491 g/mol. The van der Waals surface area contributed by atoms with Gasteiger partial charge >= 0.3 is 0 Å². The smallest absolute Gasteiger partial charge is 0.292 e. The minimum absolute atomic E-state index is 0.0498. The van der Waals surface area contributed by atoms with Crippen LogP contribution >= 0.6 is 0 Å². The molecule has 0 aromatic carbocycles. The van der Waals surface area contributed by atoms with Gasteiger partial charge in [-0.1, -0.05) is 0 Å². The summed E-state index contributed by atoms with van der Waals surface area (Å²) in [7, 11) is 4.20. The van der Waals surface area contributed by atoms with E-state index in [1.807, 2.05) is 37.1 Å². The Balaban J connectivity index is 0.000000198. The van der Waals surface area contributed by atoms with Crippen molar-refractivity contribution < 1.29 is 0 Å². The molecule has 11 nitrogen and oxygen atoms in total. The van der Waals surface area contributed by atoms with Crippen molar-refractivity contribution in [2.75, 3.05) is 61.5 Å². The maximum atomic E-state index is 12.2. The van der Waals surface area contributed by atoms with E-state index in [1.165, 1.54) is 12.8 Å². The molecule has 0 bridgehead atoms. The summed E-state index contributed by atoms with van der Waals surface area (Å²) in [5, 5.41) is 0. The van der Waals surface area contributed by atoms with E-state index in [9.17, 15) is 9.59 Å². The average Bonchev–Trinajstić information content (AvgIpc) is 3.62. The lowest BCUT2D eigenvalue weighted by molar-refractivity contribution is 0.315. The van der Waals surface area contributed by atoms with E-state index in [-0.39, 0.29) is 11.1 Å². The molecule has 4 N–H and O–H groups in total.